The van der Waals surface area contributed by atoms with Gasteiger partial charge in [0.2, 0.25) is 5.95 Å². The van der Waals surface area contributed by atoms with E-state index in [9.17, 15) is 19.0 Å². The molecule has 0 aliphatic carbocycles. The summed E-state index contributed by atoms with van der Waals surface area (Å²) >= 11 is 0. The summed E-state index contributed by atoms with van der Waals surface area (Å²) in [4.78, 5) is 8.16. The summed E-state index contributed by atoms with van der Waals surface area (Å²) in [5.74, 6) is -1.12. The zero-order valence-electron chi connectivity index (χ0n) is 16.3. The van der Waals surface area contributed by atoms with Gasteiger partial charge in [-0.05, 0) is 18.6 Å². The maximum absolute atomic E-state index is 14.3. The number of hydrogen-bond acceptors (Lipinski definition) is 8. The van der Waals surface area contributed by atoms with E-state index in [4.69, 9.17) is 9.47 Å². The van der Waals surface area contributed by atoms with Crippen molar-refractivity contribution < 1.29 is 28.5 Å². The van der Waals surface area contributed by atoms with Gasteiger partial charge in [0.25, 0.3) is 0 Å². The lowest BCUT2D eigenvalue weighted by molar-refractivity contribution is 0.146. The quantitative estimate of drug-likeness (QED) is 0.481. The molecule has 30 heavy (non-hydrogen) atoms. The molecular formula is C19H21F2N5O4. The number of halogens is 2. The molecule has 3 N–H and O–H groups in total. The van der Waals surface area contributed by atoms with Crippen molar-refractivity contribution in [3.63, 3.8) is 0 Å². The predicted octanol–water partition coefficient (Wildman–Crippen LogP) is 2.12. The van der Waals surface area contributed by atoms with Gasteiger partial charge in [-0.2, -0.15) is 5.10 Å². The molecule has 3 aromatic rings. The van der Waals surface area contributed by atoms with E-state index in [1.54, 1.807) is 6.20 Å². The maximum atomic E-state index is 14.3. The second kappa shape index (κ2) is 9.46. The molecule has 0 radical (unpaired) electrons. The van der Waals surface area contributed by atoms with E-state index in [0.29, 0.717) is 5.69 Å². The van der Waals surface area contributed by atoms with Crippen LogP contribution in [0.4, 0.5) is 20.4 Å². The molecule has 0 atom stereocenters. The van der Waals surface area contributed by atoms with Gasteiger partial charge in [-0.15, -0.1) is 0 Å². The monoisotopic (exact) mass is 421 g/mol. The summed E-state index contributed by atoms with van der Waals surface area (Å²) in [7, 11) is 1.30. The largest absolute Gasteiger partial charge is 0.494 e. The highest BCUT2D eigenvalue weighted by atomic mass is 19.1. The number of nitrogens with zero attached hydrogens (tertiary/aromatic N) is 4. The van der Waals surface area contributed by atoms with Crippen LogP contribution in [-0.4, -0.2) is 50.3 Å². The van der Waals surface area contributed by atoms with Gasteiger partial charge in [0, 0.05) is 6.20 Å². The van der Waals surface area contributed by atoms with Gasteiger partial charge >= 0.3 is 0 Å². The minimum atomic E-state index is -0.819. The zero-order chi connectivity index (χ0) is 21.7. The van der Waals surface area contributed by atoms with E-state index in [0.717, 1.165) is 0 Å². The van der Waals surface area contributed by atoms with Gasteiger partial charge in [0.05, 0.1) is 56.2 Å². The first-order valence-electron chi connectivity index (χ1n) is 8.96. The Labute approximate surface area is 170 Å². The summed E-state index contributed by atoms with van der Waals surface area (Å²) in [6.45, 7) is 0.639. The van der Waals surface area contributed by atoms with Gasteiger partial charge in [-0.25, -0.2) is 18.7 Å². The molecule has 0 unspecified atom stereocenters. The Bertz CT molecular complexity index is 993. The fourth-order valence-corrected chi connectivity index (χ4v) is 2.65. The average Bonchev–Trinajstić information content (AvgIpc) is 3.21. The van der Waals surface area contributed by atoms with Gasteiger partial charge < -0.3 is 25.0 Å². The van der Waals surface area contributed by atoms with Crippen LogP contribution in [0.2, 0.25) is 0 Å². The molecule has 0 amide bonds. The van der Waals surface area contributed by atoms with E-state index in [1.165, 1.54) is 43.4 Å². The summed E-state index contributed by atoms with van der Waals surface area (Å²) in [6, 6.07) is 0.738. The Balaban J connectivity index is 1.65. The third kappa shape index (κ3) is 4.63. The van der Waals surface area contributed by atoms with Crippen molar-refractivity contribution in [2.24, 2.45) is 0 Å². The van der Waals surface area contributed by atoms with Crippen LogP contribution in [0.5, 0.6) is 11.5 Å². The third-order valence-corrected chi connectivity index (χ3v) is 4.32. The van der Waals surface area contributed by atoms with Crippen molar-refractivity contribution in [3.8, 4) is 11.5 Å². The van der Waals surface area contributed by atoms with Crippen molar-refractivity contribution in [2.45, 2.75) is 19.6 Å². The summed E-state index contributed by atoms with van der Waals surface area (Å²) in [5, 5.41) is 25.3. The van der Waals surface area contributed by atoms with Crippen molar-refractivity contribution in [2.75, 3.05) is 25.6 Å². The topological polar surface area (TPSA) is 115 Å². The van der Waals surface area contributed by atoms with Gasteiger partial charge in [-0.3, -0.25) is 4.68 Å². The number of ether oxygens (including phenoxy) is 2. The third-order valence-electron chi connectivity index (χ3n) is 4.32. The SMILES string of the molecule is COc1cc(C)c(F)c(COc2cnc(Nc3cnn(C(CO)CO)c3)nc2)c1F. The Morgan fingerprint density at radius 3 is 2.47 bits per heavy atom. The van der Waals surface area contributed by atoms with Gasteiger partial charge in [0.1, 0.15) is 12.4 Å². The number of aliphatic hydroxyl groups is 2. The van der Waals surface area contributed by atoms with Crippen LogP contribution < -0.4 is 14.8 Å². The number of aromatic nitrogens is 4. The smallest absolute Gasteiger partial charge is 0.227 e. The number of hydrogen-bond donors (Lipinski definition) is 3. The molecule has 3 rings (SSSR count). The molecule has 160 valence electrons. The number of methoxy groups -OCH3 is 1. The molecule has 0 aliphatic rings. The van der Waals surface area contributed by atoms with Crippen molar-refractivity contribution in [3.05, 3.63) is 53.6 Å². The van der Waals surface area contributed by atoms with Crippen molar-refractivity contribution in [1.29, 1.82) is 0 Å². The number of rotatable bonds is 9. The maximum Gasteiger partial charge on any atom is 0.227 e. The minimum Gasteiger partial charge on any atom is -0.494 e. The van der Waals surface area contributed by atoms with Crippen LogP contribution in [-0.2, 0) is 6.61 Å². The van der Waals surface area contributed by atoms with Crippen LogP contribution in [0.3, 0.4) is 0 Å². The first-order valence-corrected chi connectivity index (χ1v) is 8.96. The fourth-order valence-electron chi connectivity index (χ4n) is 2.65. The lowest BCUT2D eigenvalue weighted by Crippen LogP contribution is -2.17. The van der Waals surface area contributed by atoms with Crippen LogP contribution in [0.15, 0.2) is 30.9 Å². The molecule has 0 bridgehead atoms. The molecule has 9 nitrogen and oxygen atoms in total. The number of aryl methyl sites for hydroxylation is 1. The molecule has 0 fully saturated rings. The van der Waals surface area contributed by atoms with E-state index in [2.05, 4.69) is 20.4 Å². The van der Waals surface area contributed by atoms with E-state index >= 15 is 0 Å². The summed E-state index contributed by atoms with van der Waals surface area (Å²) < 4.78 is 40.3. The number of anilines is 2. The van der Waals surface area contributed by atoms with E-state index in [1.807, 2.05) is 0 Å². The molecule has 0 saturated heterocycles. The van der Waals surface area contributed by atoms with Crippen LogP contribution in [0.1, 0.15) is 17.2 Å². The molecule has 11 heteroatoms. The highest BCUT2D eigenvalue weighted by molar-refractivity contribution is 5.50. The van der Waals surface area contributed by atoms with Crippen LogP contribution >= 0.6 is 0 Å². The first-order chi connectivity index (χ1) is 14.5. The number of nitrogens with one attached hydrogen (secondary N) is 1. The molecule has 2 aromatic heterocycles. The molecular weight excluding hydrogens is 400 g/mol. The predicted molar refractivity (Wildman–Crippen MR) is 103 cm³/mol. The average molecular weight is 421 g/mol. The van der Waals surface area contributed by atoms with Crippen LogP contribution in [0.25, 0.3) is 0 Å². The Morgan fingerprint density at radius 1 is 1.13 bits per heavy atom. The normalized spacial score (nSPS) is 11.0. The molecule has 0 saturated carbocycles. The molecule has 1 aromatic carbocycles. The summed E-state index contributed by atoms with van der Waals surface area (Å²) in [6.07, 6.45) is 5.78. The first kappa shape index (κ1) is 21.4. The Kier molecular flexibility index (Phi) is 6.75. The van der Waals surface area contributed by atoms with E-state index < -0.39 is 17.7 Å². The molecule has 2 heterocycles. The minimum absolute atomic E-state index is 0.0616. The molecule has 0 spiro atoms. The number of benzene rings is 1. The number of aliphatic hydroxyl groups excluding tert-OH is 2. The Morgan fingerprint density at radius 2 is 1.83 bits per heavy atom. The highest BCUT2D eigenvalue weighted by Gasteiger charge is 2.18. The van der Waals surface area contributed by atoms with Crippen LogP contribution in [0, 0.1) is 18.6 Å². The fraction of sp³-hybridized carbons (Fsp3) is 0.316. The lowest BCUT2D eigenvalue weighted by atomic mass is 10.1. The van der Waals surface area contributed by atoms with E-state index in [-0.39, 0.29) is 48.4 Å². The second-order valence-electron chi connectivity index (χ2n) is 6.39. The zero-order valence-corrected chi connectivity index (χ0v) is 16.3. The Hall–Kier alpha value is -3.31. The summed E-state index contributed by atoms with van der Waals surface area (Å²) in [5.41, 5.74) is 0.545. The van der Waals surface area contributed by atoms with Crippen molar-refractivity contribution in [1.82, 2.24) is 19.7 Å². The van der Waals surface area contributed by atoms with Gasteiger partial charge in [0.15, 0.2) is 17.3 Å². The lowest BCUT2D eigenvalue weighted by Gasteiger charge is -2.12. The standard InChI is InChI=1S/C19H21F2N5O4/c1-11-3-16(29-2)18(21)15(17(11)20)10-30-14-5-22-19(23-6-14)25-12-4-24-26(7-12)13(8-27)9-28/h3-7,13,27-28H,8-10H2,1-2H3,(H,22,23,25). The molecule has 0 aliphatic heterocycles. The van der Waals surface area contributed by atoms with Gasteiger partial charge in [-0.1, -0.05) is 0 Å². The highest BCUT2D eigenvalue weighted by Crippen LogP contribution is 2.27. The second-order valence-corrected chi connectivity index (χ2v) is 6.39. The van der Waals surface area contributed by atoms with Crippen molar-refractivity contribution >= 4 is 11.6 Å².